The molecule has 0 spiro atoms. The number of hydrogen-bond donors (Lipinski definition) is 1. The van der Waals surface area contributed by atoms with Crippen molar-refractivity contribution in [3.63, 3.8) is 0 Å². The minimum absolute atomic E-state index is 0.385. The Morgan fingerprint density at radius 3 is 2.77 bits per heavy atom. The number of hydrogen-bond acceptors (Lipinski definition) is 2. The first kappa shape index (κ1) is 8.10. The van der Waals surface area contributed by atoms with Gasteiger partial charge in [-0.05, 0) is 19.9 Å². The number of cyclic esters (lactones) is 1. The summed E-state index contributed by atoms with van der Waals surface area (Å²) in [6.07, 6.45) is -0.385. The molecule has 1 amide bonds. The van der Waals surface area contributed by atoms with Gasteiger partial charge in [0.25, 0.3) is 0 Å². The molecular weight excluding hydrogens is 166 g/mol. The number of benzene rings is 1. The number of amides is 1. The van der Waals surface area contributed by atoms with E-state index in [0.29, 0.717) is 0 Å². The van der Waals surface area contributed by atoms with Crippen LogP contribution in [-0.4, -0.2) is 6.09 Å². The quantitative estimate of drug-likeness (QED) is 0.661. The molecule has 0 fully saturated rings. The van der Waals surface area contributed by atoms with Crippen LogP contribution >= 0.6 is 0 Å². The summed E-state index contributed by atoms with van der Waals surface area (Å²) in [4.78, 5) is 11.1. The van der Waals surface area contributed by atoms with Gasteiger partial charge in [-0.25, -0.2) is 4.79 Å². The second-order valence-electron chi connectivity index (χ2n) is 3.57. The van der Waals surface area contributed by atoms with Crippen molar-refractivity contribution in [3.8, 4) is 0 Å². The molecule has 1 aliphatic heterocycles. The molecule has 3 heteroatoms. The number of para-hydroxylation sites is 1. The number of ether oxygens (including phenoxy) is 1. The highest BCUT2D eigenvalue weighted by molar-refractivity contribution is 5.88. The second-order valence-corrected chi connectivity index (χ2v) is 3.57. The number of anilines is 1. The number of carbonyl (C=O) groups excluding carboxylic acids is 1. The van der Waals surface area contributed by atoms with Crippen molar-refractivity contribution in [3.05, 3.63) is 29.8 Å². The van der Waals surface area contributed by atoms with E-state index in [9.17, 15) is 4.79 Å². The molecule has 1 aromatic carbocycles. The summed E-state index contributed by atoms with van der Waals surface area (Å²) in [5.74, 6) is 0. The molecule has 2 rings (SSSR count). The lowest BCUT2D eigenvalue weighted by Gasteiger charge is -2.32. The molecule has 1 heterocycles. The van der Waals surface area contributed by atoms with Gasteiger partial charge in [-0.15, -0.1) is 0 Å². The molecule has 0 unspecified atom stereocenters. The Kier molecular flexibility index (Phi) is 1.55. The minimum atomic E-state index is -0.529. The molecule has 3 nitrogen and oxygen atoms in total. The fourth-order valence-electron chi connectivity index (χ4n) is 1.54. The highest BCUT2D eigenvalue weighted by atomic mass is 16.6. The lowest BCUT2D eigenvalue weighted by Crippen LogP contribution is -2.34. The van der Waals surface area contributed by atoms with Gasteiger partial charge >= 0.3 is 6.09 Å². The van der Waals surface area contributed by atoms with Gasteiger partial charge in [0.15, 0.2) is 0 Å². The maximum Gasteiger partial charge on any atom is 0.412 e. The van der Waals surface area contributed by atoms with Crippen molar-refractivity contribution in [1.29, 1.82) is 0 Å². The van der Waals surface area contributed by atoms with Gasteiger partial charge in [0, 0.05) is 5.56 Å². The van der Waals surface area contributed by atoms with Crippen LogP contribution in [0.5, 0.6) is 0 Å². The van der Waals surface area contributed by atoms with Crippen LogP contribution in [0, 0.1) is 0 Å². The minimum Gasteiger partial charge on any atom is -0.438 e. The number of fused-ring (bicyclic) bond motifs is 1. The molecular formula is C10H11NO2. The van der Waals surface area contributed by atoms with E-state index in [1.165, 1.54) is 0 Å². The first-order valence-electron chi connectivity index (χ1n) is 4.19. The van der Waals surface area contributed by atoms with Gasteiger partial charge in [0.1, 0.15) is 5.60 Å². The highest BCUT2D eigenvalue weighted by Gasteiger charge is 2.32. The molecule has 0 saturated heterocycles. The molecule has 0 aliphatic carbocycles. The van der Waals surface area contributed by atoms with Crippen LogP contribution in [0.3, 0.4) is 0 Å². The standard InChI is InChI=1S/C10H11NO2/c1-10(2)7-5-3-4-6-8(7)11-9(12)13-10/h3-6H,1-2H3,(H,11,12). The van der Waals surface area contributed by atoms with Crippen molar-refractivity contribution < 1.29 is 9.53 Å². The molecule has 13 heavy (non-hydrogen) atoms. The average molecular weight is 177 g/mol. The van der Waals surface area contributed by atoms with Gasteiger partial charge in [0.2, 0.25) is 0 Å². The molecule has 0 bridgehead atoms. The number of nitrogens with one attached hydrogen (secondary N) is 1. The normalized spacial score (nSPS) is 18.5. The maximum atomic E-state index is 11.1. The summed E-state index contributed by atoms with van der Waals surface area (Å²) >= 11 is 0. The van der Waals surface area contributed by atoms with Gasteiger partial charge in [-0.3, -0.25) is 5.32 Å². The molecule has 0 radical (unpaired) electrons. The Labute approximate surface area is 76.7 Å². The van der Waals surface area contributed by atoms with Crippen LogP contribution in [0.4, 0.5) is 10.5 Å². The topological polar surface area (TPSA) is 38.3 Å². The molecule has 1 aliphatic rings. The second kappa shape index (κ2) is 2.49. The van der Waals surface area contributed by atoms with Crippen LogP contribution in [0.1, 0.15) is 19.4 Å². The summed E-state index contributed by atoms with van der Waals surface area (Å²) in [5, 5.41) is 2.65. The fourth-order valence-corrected chi connectivity index (χ4v) is 1.54. The molecule has 0 saturated carbocycles. The fraction of sp³-hybridized carbons (Fsp3) is 0.300. The van der Waals surface area contributed by atoms with Gasteiger partial charge in [0.05, 0.1) is 5.69 Å². The maximum absolute atomic E-state index is 11.1. The van der Waals surface area contributed by atoms with E-state index in [-0.39, 0.29) is 6.09 Å². The van der Waals surface area contributed by atoms with Crippen LogP contribution < -0.4 is 5.32 Å². The van der Waals surface area contributed by atoms with Crippen LogP contribution in [-0.2, 0) is 10.3 Å². The Morgan fingerprint density at radius 2 is 2.00 bits per heavy atom. The van der Waals surface area contributed by atoms with Crippen molar-refractivity contribution in [1.82, 2.24) is 0 Å². The van der Waals surface area contributed by atoms with Gasteiger partial charge < -0.3 is 4.74 Å². The summed E-state index contributed by atoms with van der Waals surface area (Å²) in [6, 6.07) is 7.65. The van der Waals surface area contributed by atoms with Crippen molar-refractivity contribution >= 4 is 11.8 Å². The zero-order valence-corrected chi connectivity index (χ0v) is 7.63. The third-order valence-electron chi connectivity index (χ3n) is 2.16. The van der Waals surface area contributed by atoms with Crippen molar-refractivity contribution in [2.45, 2.75) is 19.4 Å². The van der Waals surface area contributed by atoms with E-state index >= 15 is 0 Å². The molecule has 1 aromatic rings. The van der Waals surface area contributed by atoms with Crippen LogP contribution in [0.2, 0.25) is 0 Å². The lowest BCUT2D eigenvalue weighted by atomic mass is 9.95. The van der Waals surface area contributed by atoms with E-state index in [0.717, 1.165) is 11.3 Å². The SMILES string of the molecule is CC1(C)OC(=O)Nc2ccccc21. The Bertz CT molecular complexity index is 358. The molecule has 68 valence electrons. The van der Waals surface area contributed by atoms with Gasteiger partial charge in [-0.2, -0.15) is 0 Å². The molecule has 0 atom stereocenters. The summed E-state index contributed by atoms with van der Waals surface area (Å²) in [5.41, 5.74) is 1.32. The summed E-state index contributed by atoms with van der Waals surface area (Å²) < 4.78 is 5.15. The van der Waals surface area contributed by atoms with Crippen molar-refractivity contribution in [2.24, 2.45) is 0 Å². The third-order valence-corrected chi connectivity index (χ3v) is 2.16. The third kappa shape index (κ3) is 1.26. The van der Waals surface area contributed by atoms with E-state index in [4.69, 9.17) is 4.74 Å². The Balaban J connectivity index is 2.56. The Morgan fingerprint density at radius 1 is 1.31 bits per heavy atom. The highest BCUT2D eigenvalue weighted by Crippen LogP contribution is 2.34. The lowest BCUT2D eigenvalue weighted by molar-refractivity contribution is 0.0420. The molecule has 1 N–H and O–H groups in total. The Hall–Kier alpha value is -1.51. The zero-order valence-electron chi connectivity index (χ0n) is 7.63. The van der Waals surface area contributed by atoms with E-state index in [1.54, 1.807) is 0 Å². The van der Waals surface area contributed by atoms with E-state index < -0.39 is 5.60 Å². The largest absolute Gasteiger partial charge is 0.438 e. The predicted molar refractivity (Wildman–Crippen MR) is 49.6 cm³/mol. The first-order chi connectivity index (χ1) is 6.09. The van der Waals surface area contributed by atoms with Crippen LogP contribution in [0.15, 0.2) is 24.3 Å². The van der Waals surface area contributed by atoms with E-state index in [2.05, 4.69) is 5.32 Å². The van der Waals surface area contributed by atoms with Crippen molar-refractivity contribution in [2.75, 3.05) is 5.32 Å². The first-order valence-corrected chi connectivity index (χ1v) is 4.19. The average Bonchev–Trinajstić information content (AvgIpc) is 2.02. The summed E-state index contributed by atoms with van der Waals surface area (Å²) in [6.45, 7) is 3.76. The zero-order chi connectivity index (χ0) is 9.47. The summed E-state index contributed by atoms with van der Waals surface area (Å²) in [7, 11) is 0. The van der Waals surface area contributed by atoms with Gasteiger partial charge in [-0.1, -0.05) is 18.2 Å². The monoisotopic (exact) mass is 177 g/mol. The van der Waals surface area contributed by atoms with E-state index in [1.807, 2.05) is 38.1 Å². The molecule has 0 aromatic heterocycles. The van der Waals surface area contributed by atoms with Crippen LogP contribution in [0.25, 0.3) is 0 Å². The predicted octanol–water partition coefficient (Wildman–Crippen LogP) is 2.48. The smallest absolute Gasteiger partial charge is 0.412 e. The number of rotatable bonds is 0. The number of carbonyl (C=O) groups is 1.